The van der Waals surface area contributed by atoms with Crippen LogP contribution in [0.4, 0.5) is 0 Å². The number of nitrogens with one attached hydrogen (secondary N) is 1. The number of hydrogen-bond donors (Lipinski definition) is 2. The van der Waals surface area contributed by atoms with E-state index in [2.05, 4.69) is 14.9 Å². The van der Waals surface area contributed by atoms with Crippen LogP contribution >= 0.6 is 0 Å². The van der Waals surface area contributed by atoms with Gasteiger partial charge in [0, 0.05) is 5.69 Å². The molecule has 0 aliphatic carbocycles. The van der Waals surface area contributed by atoms with Crippen molar-refractivity contribution in [3.8, 4) is 11.6 Å². The van der Waals surface area contributed by atoms with Crippen molar-refractivity contribution in [2.75, 3.05) is 0 Å². The Morgan fingerprint density at radius 2 is 1.73 bits per heavy atom. The number of hydrogen-bond acceptors (Lipinski definition) is 5. The number of aromatic nitrogens is 2. The van der Waals surface area contributed by atoms with Gasteiger partial charge in [-0.3, -0.25) is 4.57 Å². The molecule has 0 spiro atoms. The van der Waals surface area contributed by atoms with Crippen molar-refractivity contribution in [1.82, 2.24) is 14.4 Å². The Morgan fingerprint density at radius 3 is 2.38 bits per heavy atom. The van der Waals surface area contributed by atoms with E-state index in [1.165, 1.54) is 18.3 Å². The Kier molecular flexibility index (Phi) is 4.77. The molecule has 7 nitrogen and oxygen atoms in total. The molecule has 0 bridgehead atoms. The fourth-order valence-electron chi connectivity index (χ4n) is 2.42. The Bertz CT molecular complexity index is 1040. The zero-order valence-corrected chi connectivity index (χ0v) is 15.1. The highest BCUT2D eigenvalue weighted by atomic mass is 32.2. The van der Waals surface area contributed by atoms with Crippen molar-refractivity contribution < 1.29 is 13.5 Å². The zero-order chi connectivity index (χ0) is 18.7. The number of aryl methyl sites for hydroxylation is 1. The van der Waals surface area contributed by atoms with E-state index in [9.17, 15) is 13.5 Å². The van der Waals surface area contributed by atoms with Gasteiger partial charge in [0.15, 0.2) is 5.82 Å². The number of sulfonamides is 1. The van der Waals surface area contributed by atoms with Gasteiger partial charge in [0.05, 0.1) is 16.8 Å². The van der Waals surface area contributed by atoms with Crippen LogP contribution in [0.25, 0.3) is 5.69 Å². The number of nitrogens with zero attached hydrogens (tertiary/aromatic N) is 3. The molecule has 0 amide bonds. The van der Waals surface area contributed by atoms with E-state index < -0.39 is 10.0 Å². The number of benzene rings is 2. The third-order valence-electron chi connectivity index (χ3n) is 3.81. The van der Waals surface area contributed by atoms with Gasteiger partial charge in [-0.05, 0) is 38.1 Å². The van der Waals surface area contributed by atoms with E-state index in [4.69, 9.17) is 0 Å². The maximum absolute atomic E-state index is 12.3. The molecule has 3 aromatic rings. The molecule has 0 aliphatic rings. The normalized spacial score (nSPS) is 11.8. The summed E-state index contributed by atoms with van der Waals surface area (Å²) in [5, 5.41) is 13.7. The summed E-state index contributed by atoms with van der Waals surface area (Å²) in [4.78, 5) is 6.30. The quantitative estimate of drug-likeness (QED) is 0.533. The van der Waals surface area contributed by atoms with Crippen LogP contribution in [-0.2, 0) is 10.0 Å². The summed E-state index contributed by atoms with van der Waals surface area (Å²) in [6.07, 6.45) is 1.26. The predicted octanol–water partition coefficient (Wildman–Crippen LogP) is 2.51. The van der Waals surface area contributed by atoms with Crippen LogP contribution in [0, 0.1) is 13.8 Å². The third kappa shape index (κ3) is 3.60. The Morgan fingerprint density at radius 1 is 1.08 bits per heavy atom. The molecule has 3 rings (SSSR count). The minimum absolute atomic E-state index is 0.116. The second kappa shape index (κ2) is 7.01. The highest BCUT2D eigenvalue weighted by molar-refractivity contribution is 7.89. The second-order valence-electron chi connectivity index (χ2n) is 5.72. The smallest absolute Gasteiger partial charge is 0.276 e. The first-order valence-electron chi connectivity index (χ1n) is 7.84. The van der Waals surface area contributed by atoms with Gasteiger partial charge in [0.25, 0.3) is 10.0 Å². The molecule has 2 N–H and O–H groups in total. The van der Waals surface area contributed by atoms with Crippen molar-refractivity contribution in [2.45, 2.75) is 18.7 Å². The monoisotopic (exact) mass is 370 g/mol. The van der Waals surface area contributed by atoms with Crippen molar-refractivity contribution in [3.05, 3.63) is 71.7 Å². The summed E-state index contributed by atoms with van der Waals surface area (Å²) in [7, 11) is -3.78. The van der Waals surface area contributed by atoms with Crippen LogP contribution in [0.5, 0.6) is 5.88 Å². The fourth-order valence-corrected chi connectivity index (χ4v) is 3.22. The summed E-state index contributed by atoms with van der Waals surface area (Å²) >= 11 is 0. The molecule has 0 unspecified atom stereocenters. The molecule has 0 fully saturated rings. The lowest BCUT2D eigenvalue weighted by Gasteiger charge is -2.07. The summed E-state index contributed by atoms with van der Waals surface area (Å²) in [6.45, 7) is 3.59. The minimum atomic E-state index is -3.78. The first kappa shape index (κ1) is 17.7. The van der Waals surface area contributed by atoms with Gasteiger partial charge in [-0.25, -0.2) is 0 Å². The molecule has 0 saturated carbocycles. The van der Waals surface area contributed by atoms with Gasteiger partial charge in [0.2, 0.25) is 5.88 Å². The number of hydrazone groups is 1. The van der Waals surface area contributed by atoms with Crippen LogP contribution in [-0.4, -0.2) is 29.3 Å². The summed E-state index contributed by atoms with van der Waals surface area (Å²) in [5.74, 6) is 0.162. The molecule has 1 aromatic heterocycles. The van der Waals surface area contributed by atoms with Crippen molar-refractivity contribution in [1.29, 1.82) is 0 Å². The summed E-state index contributed by atoms with van der Waals surface area (Å²) < 4.78 is 26.2. The molecule has 0 radical (unpaired) electrons. The Hall–Kier alpha value is -3.13. The van der Waals surface area contributed by atoms with Crippen LogP contribution in [0.3, 0.4) is 0 Å². The first-order chi connectivity index (χ1) is 12.4. The van der Waals surface area contributed by atoms with Crippen LogP contribution in [0.1, 0.15) is 17.1 Å². The van der Waals surface area contributed by atoms with Crippen molar-refractivity contribution in [3.63, 3.8) is 0 Å². The standard InChI is InChI=1S/C18H18N4O3S/c1-13-8-10-16(11-9-13)26(24,25)21-19-12-17-20-18(23)14(2)22(17)15-6-4-3-5-7-15/h3-12,21,23H,1-2H3. The lowest BCUT2D eigenvalue weighted by molar-refractivity contribution is 0.451. The number of para-hydroxylation sites is 1. The lowest BCUT2D eigenvalue weighted by Crippen LogP contribution is -2.18. The second-order valence-corrected chi connectivity index (χ2v) is 7.38. The predicted molar refractivity (Wildman–Crippen MR) is 99.1 cm³/mol. The molecule has 0 saturated heterocycles. The molecule has 0 atom stereocenters. The molecular weight excluding hydrogens is 352 g/mol. The maximum atomic E-state index is 12.3. The van der Waals surface area contributed by atoms with E-state index in [1.807, 2.05) is 37.3 Å². The molecule has 0 aliphatic heterocycles. The SMILES string of the molecule is Cc1ccc(S(=O)(=O)NN=Cc2nc(O)c(C)n2-c2ccccc2)cc1. The highest BCUT2D eigenvalue weighted by Crippen LogP contribution is 2.21. The van der Waals surface area contributed by atoms with Gasteiger partial charge in [-0.15, -0.1) is 0 Å². The van der Waals surface area contributed by atoms with Crippen molar-refractivity contribution in [2.24, 2.45) is 5.10 Å². The topological polar surface area (TPSA) is 96.6 Å². The van der Waals surface area contributed by atoms with Gasteiger partial charge >= 0.3 is 0 Å². The van der Waals surface area contributed by atoms with Crippen molar-refractivity contribution >= 4 is 16.2 Å². The number of aromatic hydroxyl groups is 1. The van der Waals surface area contributed by atoms with Gasteiger partial charge in [-0.1, -0.05) is 35.9 Å². The first-order valence-corrected chi connectivity index (χ1v) is 9.32. The van der Waals surface area contributed by atoms with E-state index in [0.717, 1.165) is 11.3 Å². The molecule has 8 heteroatoms. The zero-order valence-electron chi connectivity index (χ0n) is 14.3. The van der Waals surface area contributed by atoms with E-state index >= 15 is 0 Å². The van der Waals surface area contributed by atoms with E-state index in [0.29, 0.717) is 11.5 Å². The molecule has 26 heavy (non-hydrogen) atoms. The van der Waals surface area contributed by atoms with Crippen LogP contribution in [0.15, 0.2) is 64.6 Å². The average Bonchev–Trinajstić information content (AvgIpc) is 2.90. The van der Waals surface area contributed by atoms with Gasteiger partial charge in [-0.2, -0.15) is 23.3 Å². The van der Waals surface area contributed by atoms with Gasteiger partial charge < -0.3 is 5.11 Å². The van der Waals surface area contributed by atoms with E-state index in [-0.39, 0.29) is 10.8 Å². The average molecular weight is 370 g/mol. The van der Waals surface area contributed by atoms with E-state index in [1.54, 1.807) is 23.6 Å². The van der Waals surface area contributed by atoms with Crippen LogP contribution < -0.4 is 4.83 Å². The summed E-state index contributed by atoms with van der Waals surface area (Å²) in [6, 6.07) is 15.7. The largest absolute Gasteiger partial charge is 0.492 e. The maximum Gasteiger partial charge on any atom is 0.276 e. The fraction of sp³-hybridized carbons (Fsp3) is 0.111. The minimum Gasteiger partial charge on any atom is -0.492 e. The number of rotatable bonds is 5. The van der Waals surface area contributed by atoms with Gasteiger partial charge in [0.1, 0.15) is 0 Å². The lowest BCUT2D eigenvalue weighted by atomic mass is 10.2. The Balaban J connectivity index is 1.88. The summed E-state index contributed by atoms with van der Waals surface area (Å²) in [5.41, 5.74) is 2.27. The molecular formula is C18H18N4O3S. The molecule has 134 valence electrons. The third-order valence-corrected chi connectivity index (χ3v) is 5.05. The number of imidazole rings is 1. The highest BCUT2D eigenvalue weighted by Gasteiger charge is 2.15. The molecule has 2 aromatic carbocycles. The van der Waals surface area contributed by atoms with Crippen LogP contribution in [0.2, 0.25) is 0 Å². The Labute approximate surface area is 151 Å². The molecule has 1 heterocycles.